The first-order valence-electron chi connectivity index (χ1n) is 5.33. The quantitative estimate of drug-likeness (QED) is 0.723. The summed E-state index contributed by atoms with van der Waals surface area (Å²) in [7, 11) is 1.78. The highest BCUT2D eigenvalue weighted by Gasteiger charge is 2.33. The van der Waals surface area contributed by atoms with E-state index in [1.54, 1.807) is 18.8 Å². The molecule has 0 aromatic carbocycles. The van der Waals surface area contributed by atoms with Crippen LogP contribution in [0.5, 0.6) is 0 Å². The highest BCUT2D eigenvalue weighted by molar-refractivity contribution is 7.99. The monoisotopic (exact) mass is 246 g/mol. The van der Waals surface area contributed by atoms with Gasteiger partial charge in [0.1, 0.15) is 6.04 Å². The maximum Gasteiger partial charge on any atom is 0.327 e. The Balaban J connectivity index is 2.67. The highest BCUT2D eigenvalue weighted by atomic mass is 32.2. The Kier molecular flexibility index (Phi) is 5.08. The van der Waals surface area contributed by atoms with Gasteiger partial charge in [0, 0.05) is 30.5 Å². The van der Waals surface area contributed by atoms with Gasteiger partial charge in [-0.3, -0.25) is 4.79 Å². The van der Waals surface area contributed by atoms with Gasteiger partial charge in [-0.05, 0) is 7.05 Å². The van der Waals surface area contributed by atoms with Crippen LogP contribution in [0.4, 0.5) is 0 Å². The van der Waals surface area contributed by atoms with Crippen molar-refractivity contribution in [2.45, 2.75) is 13.0 Å². The molecular weight excluding hydrogens is 228 g/mol. The number of carbonyl (C=O) groups is 2. The molecule has 1 amide bonds. The van der Waals surface area contributed by atoms with Crippen molar-refractivity contribution in [3.8, 4) is 0 Å². The minimum absolute atomic E-state index is 0.0675. The van der Waals surface area contributed by atoms with E-state index in [2.05, 4.69) is 5.32 Å². The summed E-state index contributed by atoms with van der Waals surface area (Å²) in [6.07, 6.45) is 0. The number of amides is 1. The van der Waals surface area contributed by atoms with Gasteiger partial charge in [-0.1, -0.05) is 6.92 Å². The number of nitrogens with one attached hydrogen (secondary N) is 1. The molecule has 1 aliphatic heterocycles. The molecule has 1 aliphatic rings. The second-order valence-corrected chi connectivity index (χ2v) is 5.07. The van der Waals surface area contributed by atoms with E-state index in [-0.39, 0.29) is 11.8 Å². The van der Waals surface area contributed by atoms with Crippen molar-refractivity contribution in [1.29, 1.82) is 0 Å². The fourth-order valence-electron chi connectivity index (χ4n) is 1.75. The Morgan fingerprint density at radius 1 is 1.62 bits per heavy atom. The number of carbonyl (C=O) groups excluding carboxylic acids is 1. The molecular formula is C10H18N2O3S. The first-order valence-corrected chi connectivity index (χ1v) is 6.49. The first kappa shape index (κ1) is 13.3. The Morgan fingerprint density at radius 2 is 2.31 bits per heavy atom. The number of aliphatic carboxylic acids is 1. The lowest BCUT2D eigenvalue weighted by Crippen LogP contribution is -2.52. The summed E-state index contributed by atoms with van der Waals surface area (Å²) in [5.41, 5.74) is 0. The van der Waals surface area contributed by atoms with Crippen molar-refractivity contribution in [1.82, 2.24) is 10.2 Å². The maximum atomic E-state index is 12.0. The Morgan fingerprint density at radius 3 is 2.88 bits per heavy atom. The van der Waals surface area contributed by atoms with E-state index in [4.69, 9.17) is 5.11 Å². The van der Waals surface area contributed by atoms with E-state index in [1.807, 2.05) is 6.92 Å². The highest BCUT2D eigenvalue weighted by Crippen LogP contribution is 2.18. The van der Waals surface area contributed by atoms with E-state index >= 15 is 0 Å². The molecule has 0 spiro atoms. The van der Waals surface area contributed by atoms with E-state index in [9.17, 15) is 9.59 Å². The third-order valence-electron chi connectivity index (χ3n) is 2.63. The predicted molar refractivity (Wildman–Crippen MR) is 63.6 cm³/mol. The van der Waals surface area contributed by atoms with Gasteiger partial charge in [0.05, 0.1) is 0 Å². The minimum atomic E-state index is -0.905. The second kappa shape index (κ2) is 6.10. The fourth-order valence-corrected chi connectivity index (χ4v) is 2.79. The van der Waals surface area contributed by atoms with Crippen molar-refractivity contribution in [3.63, 3.8) is 0 Å². The summed E-state index contributed by atoms with van der Waals surface area (Å²) in [6, 6.07) is -0.662. The van der Waals surface area contributed by atoms with Crippen LogP contribution in [-0.2, 0) is 9.59 Å². The van der Waals surface area contributed by atoms with Crippen LogP contribution >= 0.6 is 11.8 Å². The number of hydrogen-bond donors (Lipinski definition) is 2. The SMILES string of the molecule is CNCC(C)C(=O)N1CCSCC1C(=O)O. The zero-order chi connectivity index (χ0) is 12.1. The summed E-state index contributed by atoms with van der Waals surface area (Å²) in [6.45, 7) is 2.93. The molecule has 0 bridgehead atoms. The average Bonchev–Trinajstić information content (AvgIpc) is 2.28. The topological polar surface area (TPSA) is 69.6 Å². The Hall–Kier alpha value is -0.750. The molecule has 1 fully saturated rings. The van der Waals surface area contributed by atoms with Crippen LogP contribution in [0.3, 0.4) is 0 Å². The van der Waals surface area contributed by atoms with Gasteiger partial charge in [0.15, 0.2) is 0 Å². The van der Waals surface area contributed by atoms with Crippen LogP contribution in [0.1, 0.15) is 6.92 Å². The number of rotatable bonds is 4. The molecule has 0 aromatic heterocycles. The molecule has 1 rings (SSSR count). The standard InChI is InChI=1S/C10H18N2O3S/c1-7(5-11-2)9(13)12-3-4-16-6-8(12)10(14)15/h7-8,11H,3-6H2,1-2H3,(H,14,15). The lowest BCUT2D eigenvalue weighted by Gasteiger charge is -2.34. The summed E-state index contributed by atoms with van der Waals surface area (Å²) >= 11 is 1.59. The number of thioether (sulfide) groups is 1. The molecule has 16 heavy (non-hydrogen) atoms. The third-order valence-corrected chi connectivity index (χ3v) is 3.65. The number of carboxylic acid groups (broad SMARTS) is 1. The zero-order valence-electron chi connectivity index (χ0n) is 9.60. The van der Waals surface area contributed by atoms with Crippen molar-refractivity contribution in [2.24, 2.45) is 5.92 Å². The van der Waals surface area contributed by atoms with E-state index in [0.717, 1.165) is 5.75 Å². The molecule has 2 unspecified atom stereocenters. The summed E-state index contributed by atoms with van der Waals surface area (Å²) in [4.78, 5) is 24.5. The van der Waals surface area contributed by atoms with Gasteiger partial charge in [-0.25, -0.2) is 4.79 Å². The molecule has 2 atom stereocenters. The third kappa shape index (κ3) is 3.12. The molecule has 0 aromatic rings. The lowest BCUT2D eigenvalue weighted by molar-refractivity contribution is -0.150. The van der Waals surface area contributed by atoms with Crippen molar-refractivity contribution in [2.75, 3.05) is 31.6 Å². The van der Waals surface area contributed by atoms with E-state index < -0.39 is 12.0 Å². The molecule has 1 saturated heterocycles. The molecule has 5 nitrogen and oxygen atoms in total. The van der Waals surface area contributed by atoms with Gasteiger partial charge in [0.2, 0.25) is 5.91 Å². The van der Waals surface area contributed by atoms with Crippen LogP contribution in [-0.4, -0.2) is 59.6 Å². The van der Waals surface area contributed by atoms with Gasteiger partial charge in [-0.15, -0.1) is 0 Å². The van der Waals surface area contributed by atoms with Gasteiger partial charge in [0.25, 0.3) is 0 Å². The van der Waals surface area contributed by atoms with Crippen LogP contribution < -0.4 is 5.32 Å². The minimum Gasteiger partial charge on any atom is -0.480 e. The van der Waals surface area contributed by atoms with E-state index in [1.165, 1.54) is 4.90 Å². The molecule has 0 aliphatic carbocycles. The van der Waals surface area contributed by atoms with Crippen molar-refractivity contribution >= 4 is 23.6 Å². The molecule has 1 heterocycles. The summed E-state index contributed by atoms with van der Waals surface area (Å²) < 4.78 is 0. The normalized spacial score (nSPS) is 22.9. The second-order valence-electron chi connectivity index (χ2n) is 3.92. The fraction of sp³-hybridized carbons (Fsp3) is 0.800. The zero-order valence-corrected chi connectivity index (χ0v) is 10.4. The Labute approximate surface area is 99.6 Å². The molecule has 2 N–H and O–H groups in total. The summed E-state index contributed by atoms with van der Waals surface area (Å²) in [5.74, 6) is 0.170. The van der Waals surface area contributed by atoms with Crippen molar-refractivity contribution in [3.05, 3.63) is 0 Å². The molecule has 92 valence electrons. The smallest absolute Gasteiger partial charge is 0.327 e. The van der Waals surface area contributed by atoms with Gasteiger partial charge < -0.3 is 15.3 Å². The van der Waals surface area contributed by atoms with Crippen LogP contribution in [0.2, 0.25) is 0 Å². The molecule has 6 heteroatoms. The average molecular weight is 246 g/mol. The van der Waals surface area contributed by atoms with Crippen LogP contribution in [0, 0.1) is 5.92 Å². The van der Waals surface area contributed by atoms with Gasteiger partial charge in [-0.2, -0.15) is 11.8 Å². The number of nitrogens with zero attached hydrogens (tertiary/aromatic N) is 1. The molecule has 0 radical (unpaired) electrons. The van der Waals surface area contributed by atoms with Crippen LogP contribution in [0.25, 0.3) is 0 Å². The first-order chi connectivity index (χ1) is 7.57. The maximum absolute atomic E-state index is 12.0. The number of carboxylic acids is 1. The largest absolute Gasteiger partial charge is 0.480 e. The number of hydrogen-bond acceptors (Lipinski definition) is 4. The van der Waals surface area contributed by atoms with E-state index in [0.29, 0.717) is 18.8 Å². The molecule has 0 saturated carbocycles. The van der Waals surface area contributed by atoms with Crippen molar-refractivity contribution < 1.29 is 14.7 Å². The summed E-state index contributed by atoms with van der Waals surface area (Å²) in [5, 5.41) is 12.0. The van der Waals surface area contributed by atoms with Gasteiger partial charge >= 0.3 is 5.97 Å². The Bertz CT molecular complexity index is 273. The predicted octanol–water partition coefficient (Wildman–Crippen LogP) is -0.129. The van der Waals surface area contributed by atoms with Crippen LogP contribution in [0.15, 0.2) is 0 Å². The lowest BCUT2D eigenvalue weighted by atomic mass is 10.1.